The number of carbonyl (C=O) groups excluding carboxylic acids is 2. The summed E-state index contributed by atoms with van der Waals surface area (Å²) in [6, 6.07) is 8.60. The van der Waals surface area contributed by atoms with E-state index >= 15 is 0 Å². The first-order valence-corrected chi connectivity index (χ1v) is 7.92. The highest BCUT2D eigenvalue weighted by Crippen LogP contribution is 2.17. The lowest BCUT2D eigenvalue weighted by molar-refractivity contribution is -0.120. The average molecular weight is 314 g/mol. The van der Waals surface area contributed by atoms with Gasteiger partial charge in [-0.25, -0.2) is 4.79 Å². The topological polar surface area (TPSA) is 94.0 Å². The van der Waals surface area contributed by atoms with Gasteiger partial charge >= 0.3 is 6.03 Å². The van der Waals surface area contributed by atoms with Crippen LogP contribution in [0.25, 0.3) is 0 Å². The highest BCUT2D eigenvalue weighted by Gasteiger charge is 2.20. The summed E-state index contributed by atoms with van der Waals surface area (Å²) >= 11 is 0. The first-order valence-electron chi connectivity index (χ1n) is 7.92. The van der Waals surface area contributed by atoms with E-state index < -0.39 is 12.1 Å². The molecular formula is C17H22N4O2. The highest BCUT2D eigenvalue weighted by molar-refractivity contribution is 5.98. The van der Waals surface area contributed by atoms with Gasteiger partial charge in [0.1, 0.15) is 6.04 Å². The number of nitrogens with one attached hydrogen (secondary N) is 3. The lowest BCUT2D eigenvalue weighted by atomic mass is 10.1. The Hall–Kier alpha value is -2.55. The SMILES string of the molecule is CC(Nc1ccc(CC#N)cc1)C(=O)NC(=O)NC1CCCC1. The number of amides is 3. The molecule has 1 saturated carbocycles. The van der Waals surface area contributed by atoms with Crippen molar-refractivity contribution in [3.8, 4) is 6.07 Å². The Labute approximate surface area is 136 Å². The molecule has 0 bridgehead atoms. The van der Waals surface area contributed by atoms with E-state index in [4.69, 9.17) is 5.26 Å². The van der Waals surface area contributed by atoms with Crippen LogP contribution in [-0.2, 0) is 11.2 Å². The van der Waals surface area contributed by atoms with Crippen LogP contribution in [0.15, 0.2) is 24.3 Å². The molecule has 6 nitrogen and oxygen atoms in total. The van der Waals surface area contributed by atoms with Gasteiger partial charge in [-0.1, -0.05) is 25.0 Å². The predicted octanol–water partition coefficient (Wildman–Crippen LogP) is 2.32. The Morgan fingerprint density at radius 2 is 1.91 bits per heavy atom. The Morgan fingerprint density at radius 1 is 1.26 bits per heavy atom. The van der Waals surface area contributed by atoms with E-state index in [1.807, 2.05) is 24.3 Å². The summed E-state index contributed by atoms with van der Waals surface area (Å²) in [6.07, 6.45) is 4.56. The maximum Gasteiger partial charge on any atom is 0.321 e. The summed E-state index contributed by atoms with van der Waals surface area (Å²) in [4.78, 5) is 23.8. The first-order chi connectivity index (χ1) is 11.1. The number of hydrogen-bond donors (Lipinski definition) is 3. The van der Waals surface area contributed by atoms with Crippen molar-refractivity contribution < 1.29 is 9.59 Å². The molecule has 1 aliphatic rings. The minimum Gasteiger partial charge on any atom is -0.374 e. The van der Waals surface area contributed by atoms with Crippen molar-refractivity contribution in [2.75, 3.05) is 5.32 Å². The monoisotopic (exact) mass is 314 g/mol. The van der Waals surface area contributed by atoms with Crippen molar-refractivity contribution in [2.45, 2.75) is 51.1 Å². The molecule has 1 atom stereocenters. The largest absolute Gasteiger partial charge is 0.374 e. The predicted molar refractivity (Wildman–Crippen MR) is 87.8 cm³/mol. The molecule has 2 rings (SSSR count). The van der Waals surface area contributed by atoms with Crippen molar-refractivity contribution in [1.82, 2.24) is 10.6 Å². The number of nitriles is 1. The van der Waals surface area contributed by atoms with Crippen LogP contribution >= 0.6 is 0 Å². The molecule has 6 heteroatoms. The van der Waals surface area contributed by atoms with Crippen molar-refractivity contribution in [3.05, 3.63) is 29.8 Å². The molecule has 122 valence electrons. The third-order valence-electron chi connectivity index (χ3n) is 3.94. The molecule has 0 saturated heterocycles. The van der Waals surface area contributed by atoms with Crippen LogP contribution in [0.4, 0.5) is 10.5 Å². The number of nitrogens with zero attached hydrogens (tertiary/aromatic N) is 1. The zero-order valence-electron chi connectivity index (χ0n) is 13.3. The van der Waals surface area contributed by atoms with Crippen LogP contribution in [0, 0.1) is 11.3 Å². The maximum absolute atomic E-state index is 12.0. The number of imide groups is 1. The molecule has 0 aliphatic heterocycles. The Kier molecular flexibility index (Phi) is 5.98. The molecule has 0 radical (unpaired) electrons. The minimum absolute atomic E-state index is 0.179. The average Bonchev–Trinajstić information content (AvgIpc) is 3.02. The van der Waals surface area contributed by atoms with Crippen molar-refractivity contribution in [1.29, 1.82) is 5.26 Å². The fourth-order valence-electron chi connectivity index (χ4n) is 2.64. The summed E-state index contributed by atoms with van der Waals surface area (Å²) in [5.41, 5.74) is 1.69. The number of hydrogen-bond acceptors (Lipinski definition) is 4. The lowest BCUT2D eigenvalue weighted by Gasteiger charge is -2.17. The van der Waals surface area contributed by atoms with Crippen molar-refractivity contribution in [3.63, 3.8) is 0 Å². The van der Waals surface area contributed by atoms with E-state index in [0.29, 0.717) is 6.42 Å². The second kappa shape index (κ2) is 8.18. The fraction of sp³-hybridized carbons (Fsp3) is 0.471. The van der Waals surface area contributed by atoms with Crippen LogP contribution < -0.4 is 16.0 Å². The van der Waals surface area contributed by atoms with Crippen LogP contribution in [0.3, 0.4) is 0 Å². The number of rotatable bonds is 5. The first kappa shape index (κ1) is 16.8. The van der Waals surface area contributed by atoms with E-state index in [9.17, 15) is 9.59 Å². The molecule has 0 spiro atoms. The molecule has 3 N–H and O–H groups in total. The van der Waals surface area contributed by atoms with Gasteiger partial charge in [-0.2, -0.15) is 5.26 Å². The number of urea groups is 1. The fourth-order valence-corrected chi connectivity index (χ4v) is 2.64. The second-order valence-electron chi connectivity index (χ2n) is 5.84. The standard InChI is InChI=1S/C17H22N4O2/c1-12(19-15-8-6-13(7-9-15)10-11-18)16(22)21-17(23)20-14-4-2-3-5-14/h6-9,12,14,19H,2-5,10H2,1H3,(H2,20,21,22,23). The van der Waals surface area contributed by atoms with Gasteiger partial charge in [0.25, 0.3) is 0 Å². The third kappa shape index (κ3) is 5.29. The molecular weight excluding hydrogens is 292 g/mol. The Morgan fingerprint density at radius 3 is 2.52 bits per heavy atom. The number of anilines is 1. The van der Waals surface area contributed by atoms with Gasteiger partial charge in [-0.15, -0.1) is 0 Å². The molecule has 1 aliphatic carbocycles. The van der Waals surface area contributed by atoms with Crippen LogP contribution in [0.1, 0.15) is 38.2 Å². The summed E-state index contributed by atoms with van der Waals surface area (Å²) in [5.74, 6) is -0.374. The van der Waals surface area contributed by atoms with E-state index in [1.54, 1.807) is 6.92 Å². The van der Waals surface area contributed by atoms with E-state index in [0.717, 1.165) is 36.9 Å². The Balaban J connectivity index is 1.79. The smallest absolute Gasteiger partial charge is 0.321 e. The van der Waals surface area contributed by atoms with Gasteiger partial charge in [0.2, 0.25) is 5.91 Å². The van der Waals surface area contributed by atoms with Gasteiger partial charge in [-0.05, 0) is 37.5 Å². The number of carbonyl (C=O) groups is 2. The van der Waals surface area contributed by atoms with E-state index in [-0.39, 0.29) is 11.9 Å². The lowest BCUT2D eigenvalue weighted by Crippen LogP contribution is -2.48. The van der Waals surface area contributed by atoms with Gasteiger partial charge in [-0.3, -0.25) is 10.1 Å². The molecule has 1 fully saturated rings. The van der Waals surface area contributed by atoms with Crippen molar-refractivity contribution >= 4 is 17.6 Å². The van der Waals surface area contributed by atoms with E-state index in [2.05, 4.69) is 22.0 Å². The number of benzene rings is 1. The molecule has 1 aromatic rings. The van der Waals surface area contributed by atoms with Gasteiger partial charge in [0.15, 0.2) is 0 Å². The molecule has 0 aromatic heterocycles. The quantitative estimate of drug-likeness (QED) is 0.777. The maximum atomic E-state index is 12.0. The molecule has 1 unspecified atom stereocenters. The Bertz CT molecular complexity index is 586. The van der Waals surface area contributed by atoms with E-state index in [1.165, 1.54) is 0 Å². The van der Waals surface area contributed by atoms with Crippen LogP contribution in [0.2, 0.25) is 0 Å². The zero-order chi connectivity index (χ0) is 16.7. The molecule has 3 amide bonds. The molecule has 23 heavy (non-hydrogen) atoms. The van der Waals surface area contributed by atoms with Gasteiger partial charge in [0, 0.05) is 11.7 Å². The second-order valence-corrected chi connectivity index (χ2v) is 5.84. The van der Waals surface area contributed by atoms with Gasteiger partial charge < -0.3 is 10.6 Å². The highest BCUT2D eigenvalue weighted by atomic mass is 16.2. The minimum atomic E-state index is -0.536. The summed E-state index contributed by atoms with van der Waals surface area (Å²) < 4.78 is 0. The summed E-state index contributed by atoms with van der Waals surface area (Å²) in [6.45, 7) is 1.70. The third-order valence-corrected chi connectivity index (χ3v) is 3.94. The van der Waals surface area contributed by atoms with Gasteiger partial charge in [0.05, 0.1) is 12.5 Å². The van der Waals surface area contributed by atoms with Crippen LogP contribution in [-0.4, -0.2) is 24.0 Å². The molecule has 1 aromatic carbocycles. The summed E-state index contributed by atoms with van der Waals surface area (Å²) in [7, 11) is 0. The zero-order valence-corrected chi connectivity index (χ0v) is 13.3. The normalized spacial score (nSPS) is 15.5. The molecule has 0 heterocycles. The van der Waals surface area contributed by atoms with Crippen molar-refractivity contribution in [2.24, 2.45) is 0 Å². The van der Waals surface area contributed by atoms with Crippen LogP contribution in [0.5, 0.6) is 0 Å². The summed E-state index contributed by atoms with van der Waals surface area (Å²) in [5, 5.41) is 16.9.